The summed E-state index contributed by atoms with van der Waals surface area (Å²) in [5.41, 5.74) is 0. The monoisotopic (exact) mass is 353 g/mol. The first-order valence-electron chi connectivity index (χ1n) is 8.50. The van der Waals surface area contributed by atoms with Crippen LogP contribution in [0.3, 0.4) is 0 Å². The molecule has 1 saturated heterocycles. The summed E-state index contributed by atoms with van der Waals surface area (Å²) >= 11 is 0. The van der Waals surface area contributed by atoms with Gasteiger partial charge >= 0.3 is 5.97 Å². The van der Waals surface area contributed by atoms with E-state index in [9.17, 15) is 14.7 Å². The minimum atomic E-state index is -0.942. The lowest BCUT2D eigenvalue weighted by Gasteiger charge is -2.32. The van der Waals surface area contributed by atoms with Gasteiger partial charge in [-0.05, 0) is 31.6 Å². The van der Waals surface area contributed by atoms with Crippen molar-refractivity contribution in [2.45, 2.75) is 50.7 Å². The fraction of sp³-hybridized carbons (Fsp3) is 0.667. The summed E-state index contributed by atoms with van der Waals surface area (Å²) in [6.07, 6.45) is 8.87. The molecule has 0 aromatic heterocycles. The second-order valence-corrected chi connectivity index (χ2v) is 5.84. The van der Waals surface area contributed by atoms with Crippen molar-refractivity contribution < 1.29 is 29.3 Å². The highest BCUT2D eigenvalue weighted by molar-refractivity contribution is 5.77. The van der Waals surface area contributed by atoms with Gasteiger partial charge < -0.3 is 24.6 Å². The molecule has 7 heteroatoms. The molecule has 25 heavy (non-hydrogen) atoms. The van der Waals surface area contributed by atoms with Crippen LogP contribution in [-0.2, 0) is 19.1 Å². The number of likely N-dealkylation sites (tertiary alicyclic amines) is 1. The number of methoxy groups -OCH3 is 1. The largest absolute Gasteiger partial charge is 0.481 e. The molecule has 140 valence electrons. The zero-order valence-corrected chi connectivity index (χ0v) is 14.6. The molecule has 1 amide bonds. The second-order valence-electron chi connectivity index (χ2n) is 5.84. The van der Waals surface area contributed by atoms with Gasteiger partial charge in [-0.25, -0.2) is 0 Å². The lowest BCUT2D eigenvalue weighted by Crippen LogP contribution is -2.42. The van der Waals surface area contributed by atoms with Gasteiger partial charge in [0, 0.05) is 20.1 Å². The summed E-state index contributed by atoms with van der Waals surface area (Å²) in [6, 6.07) is -0.0911. The summed E-state index contributed by atoms with van der Waals surface area (Å²) in [4.78, 5) is 24.1. The van der Waals surface area contributed by atoms with Gasteiger partial charge in [0.05, 0.1) is 25.1 Å². The van der Waals surface area contributed by atoms with Gasteiger partial charge in [-0.3, -0.25) is 9.59 Å². The maximum atomic E-state index is 12.1. The Morgan fingerprint density at radius 1 is 1.48 bits per heavy atom. The predicted octanol–water partition coefficient (Wildman–Crippen LogP) is 1.16. The van der Waals surface area contributed by atoms with Crippen LogP contribution in [0, 0.1) is 12.0 Å². The van der Waals surface area contributed by atoms with Crippen LogP contribution in [0.2, 0.25) is 0 Å². The number of amides is 1. The smallest absolute Gasteiger partial charge is 0.306 e. The molecule has 0 bridgehead atoms. The van der Waals surface area contributed by atoms with Gasteiger partial charge in [-0.1, -0.05) is 12.2 Å². The van der Waals surface area contributed by atoms with Crippen molar-refractivity contribution in [2.75, 3.05) is 26.9 Å². The van der Waals surface area contributed by atoms with Crippen LogP contribution < -0.4 is 0 Å². The Morgan fingerprint density at radius 2 is 2.28 bits per heavy atom. The third-order valence-electron chi connectivity index (χ3n) is 3.83. The third kappa shape index (κ3) is 9.13. The Kier molecular flexibility index (Phi) is 10.4. The third-order valence-corrected chi connectivity index (χ3v) is 3.83. The van der Waals surface area contributed by atoms with Crippen LogP contribution in [0.25, 0.3) is 0 Å². The molecule has 0 saturated carbocycles. The average molecular weight is 353 g/mol. The van der Waals surface area contributed by atoms with Crippen molar-refractivity contribution in [1.82, 2.24) is 4.90 Å². The molecular weight excluding hydrogens is 326 g/mol. The SMILES string of the molecule is COCCCC(O)/C=C/[C@H]1CCCC(=O)N1CC#COCCC(=O)O. The van der Waals surface area contributed by atoms with Gasteiger partial charge in [-0.15, -0.1) is 0 Å². The lowest BCUT2D eigenvalue weighted by atomic mass is 10.00. The van der Waals surface area contributed by atoms with Crippen LogP contribution in [0.5, 0.6) is 0 Å². The Hall–Kier alpha value is -2.04. The zero-order chi connectivity index (χ0) is 18.5. The molecule has 1 rings (SSSR count). The van der Waals surface area contributed by atoms with Crippen LogP contribution in [0.1, 0.15) is 38.5 Å². The van der Waals surface area contributed by atoms with Gasteiger partial charge in [0.2, 0.25) is 5.91 Å². The lowest BCUT2D eigenvalue weighted by molar-refractivity contribution is -0.137. The number of rotatable bonds is 10. The zero-order valence-electron chi connectivity index (χ0n) is 14.6. The van der Waals surface area contributed by atoms with Crippen LogP contribution in [0.15, 0.2) is 12.2 Å². The molecule has 1 fully saturated rings. The molecule has 1 heterocycles. The Morgan fingerprint density at radius 3 is 3.00 bits per heavy atom. The summed E-state index contributed by atoms with van der Waals surface area (Å²) in [5.74, 6) is 1.83. The van der Waals surface area contributed by atoms with Crippen LogP contribution in [-0.4, -0.2) is 66.0 Å². The number of carboxylic acid groups (broad SMARTS) is 1. The summed E-state index contributed by atoms with van der Waals surface area (Å²) < 4.78 is 9.86. The molecule has 0 aromatic carbocycles. The minimum absolute atomic E-state index is 0.0211. The second kappa shape index (κ2) is 12.3. The number of hydrogen-bond acceptors (Lipinski definition) is 5. The van der Waals surface area contributed by atoms with Gasteiger partial charge in [0.15, 0.2) is 0 Å². The molecule has 1 aliphatic rings. The molecule has 2 N–H and O–H groups in total. The first kappa shape index (κ1) is 21.0. The van der Waals surface area contributed by atoms with E-state index in [1.54, 1.807) is 18.1 Å². The van der Waals surface area contributed by atoms with Gasteiger partial charge in [0.25, 0.3) is 0 Å². The number of piperidine rings is 1. The van der Waals surface area contributed by atoms with E-state index in [4.69, 9.17) is 14.6 Å². The number of carbonyl (C=O) groups excluding carboxylic acids is 1. The number of hydrogen-bond donors (Lipinski definition) is 2. The molecule has 1 unspecified atom stereocenters. The van der Waals surface area contributed by atoms with Crippen molar-refractivity contribution in [3.8, 4) is 12.0 Å². The fourth-order valence-electron chi connectivity index (χ4n) is 2.50. The molecule has 0 aliphatic carbocycles. The number of ether oxygens (including phenoxy) is 2. The number of nitrogens with zero attached hydrogens (tertiary/aromatic N) is 1. The first-order chi connectivity index (χ1) is 12.0. The number of aliphatic hydroxyl groups is 1. The molecule has 0 spiro atoms. The van der Waals surface area contributed by atoms with Crippen molar-refractivity contribution in [3.05, 3.63) is 12.2 Å². The van der Waals surface area contributed by atoms with Crippen molar-refractivity contribution in [3.63, 3.8) is 0 Å². The molecule has 0 radical (unpaired) electrons. The number of aliphatic hydroxyl groups excluding tert-OH is 1. The molecule has 1 aliphatic heterocycles. The number of aliphatic carboxylic acids is 1. The van der Waals surface area contributed by atoms with Crippen molar-refractivity contribution in [2.24, 2.45) is 0 Å². The minimum Gasteiger partial charge on any atom is -0.481 e. The molecular formula is C18H27NO6. The van der Waals surface area contributed by atoms with E-state index in [0.717, 1.165) is 19.3 Å². The average Bonchev–Trinajstić information content (AvgIpc) is 2.57. The van der Waals surface area contributed by atoms with E-state index < -0.39 is 12.1 Å². The normalized spacial score (nSPS) is 18.7. The van der Waals surface area contributed by atoms with E-state index in [1.165, 1.54) is 0 Å². The van der Waals surface area contributed by atoms with Gasteiger partial charge in [-0.2, -0.15) is 0 Å². The van der Waals surface area contributed by atoms with E-state index in [1.807, 2.05) is 6.08 Å². The maximum absolute atomic E-state index is 12.1. The summed E-state index contributed by atoms with van der Waals surface area (Å²) in [6.45, 7) is 0.852. The van der Waals surface area contributed by atoms with Crippen LogP contribution in [0.4, 0.5) is 0 Å². The quantitative estimate of drug-likeness (QED) is 0.348. The topological polar surface area (TPSA) is 96.3 Å². The maximum Gasteiger partial charge on any atom is 0.306 e. The van der Waals surface area contributed by atoms with Crippen LogP contribution >= 0.6 is 0 Å². The molecule has 2 atom stereocenters. The highest BCUT2D eigenvalue weighted by atomic mass is 16.5. The van der Waals surface area contributed by atoms with Gasteiger partial charge in [0.1, 0.15) is 12.7 Å². The Bertz CT molecular complexity index is 507. The standard InChI is InChI=1S/C18H27NO6/c1-24-12-3-6-16(20)9-8-15-5-2-7-17(21)19(15)11-4-13-25-14-10-18(22)23/h8-9,15-16,20H,2-3,5-7,10-12,14H2,1H3,(H,22,23)/b9-8+/t15-,16?/m1/s1. The van der Waals surface area contributed by atoms with E-state index in [-0.39, 0.29) is 31.5 Å². The van der Waals surface area contributed by atoms with Crippen molar-refractivity contribution in [1.29, 1.82) is 0 Å². The Labute approximate surface area is 148 Å². The molecule has 0 aromatic rings. The predicted molar refractivity (Wildman–Crippen MR) is 91.6 cm³/mol. The highest BCUT2D eigenvalue weighted by Crippen LogP contribution is 2.19. The Balaban J connectivity index is 2.48. The highest BCUT2D eigenvalue weighted by Gasteiger charge is 2.25. The van der Waals surface area contributed by atoms with E-state index in [2.05, 4.69) is 12.0 Å². The fourth-order valence-corrected chi connectivity index (χ4v) is 2.50. The number of carbonyl (C=O) groups is 2. The van der Waals surface area contributed by atoms with E-state index in [0.29, 0.717) is 19.4 Å². The first-order valence-corrected chi connectivity index (χ1v) is 8.50. The molecule has 7 nitrogen and oxygen atoms in total. The van der Waals surface area contributed by atoms with Crippen molar-refractivity contribution >= 4 is 11.9 Å². The number of carboxylic acids is 1. The summed E-state index contributed by atoms with van der Waals surface area (Å²) in [5, 5.41) is 18.4. The van der Waals surface area contributed by atoms with E-state index >= 15 is 0 Å². The summed E-state index contributed by atoms with van der Waals surface area (Å²) in [7, 11) is 1.63.